The Kier molecular flexibility index (Phi) is 15.9. The zero-order valence-corrected chi connectivity index (χ0v) is 39.6. The van der Waals surface area contributed by atoms with Gasteiger partial charge in [-0.15, -0.1) is 12.4 Å². The third kappa shape index (κ3) is 11.3. The smallest absolute Gasteiger partial charge is 0.294 e. The number of carbonyl (C=O) groups is 5. The lowest BCUT2D eigenvalue weighted by Gasteiger charge is -2.36. The van der Waals surface area contributed by atoms with Crippen LogP contribution < -0.4 is 15.8 Å². The second-order valence-corrected chi connectivity index (χ2v) is 17.6. The summed E-state index contributed by atoms with van der Waals surface area (Å²) in [7, 11) is 0. The number of amides is 4. The molecule has 1 unspecified atom stereocenters. The van der Waals surface area contributed by atoms with E-state index in [1.165, 1.54) is 21.7 Å². The molecule has 0 spiro atoms. The molecule has 5 heterocycles. The van der Waals surface area contributed by atoms with Crippen LogP contribution in [0, 0.1) is 5.82 Å². The number of ketones is 1. The highest BCUT2D eigenvalue weighted by Crippen LogP contribution is 2.31. The minimum atomic E-state index is -1.03. The first-order valence-corrected chi connectivity index (χ1v) is 23.3. The summed E-state index contributed by atoms with van der Waals surface area (Å²) in [5.74, 6) is -2.75. The molecule has 17 nitrogen and oxygen atoms in total. The summed E-state index contributed by atoms with van der Waals surface area (Å²) in [6.45, 7) is 4.24. The molecule has 0 aliphatic carbocycles. The molecule has 2 saturated heterocycles. The number of halogens is 3. The van der Waals surface area contributed by atoms with Gasteiger partial charge in [-0.25, -0.2) is 9.37 Å². The van der Waals surface area contributed by atoms with Gasteiger partial charge in [0.15, 0.2) is 0 Å². The predicted octanol–water partition coefficient (Wildman–Crippen LogP) is 4.98. The Bertz CT molecular complexity index is 2950. The Hall–Kier alpha value is -6.70. The summed E-state index contributed by atoms with van der Waals surface area (Å²) in [4.78, 5) is 88.8. The molecule has 2 aromatic heterocycles. The summed E-state index contributed by atoms with van der Waals surface area (Å²) >= 11 is 6.19. The molecule has 0 bridgehead atoms. The van der Waals surface area contributed by atoms with Crippen molar-refractivity contribution in [1.82, 2.24) is 34.9 Å². The molecule has 6 aromatic rings. The molecular formula is C50H51Cl2FN8O9. The number of benzene rings is 4. The highest BCUT2D eigenvalue weighted by molar-refractivity contribution is 6.41. The Labute approximate surface area is 412 Å². The number of rotatable bonds is 19. The monoisotopic (exact) mass is 996 g/mol. The van der Waals surface area contributed by atoms with E-state index in [0.29, 0.717) is 104 Å². The molecule has 3 N–H and O–H groups in total. The van der Waals surface area contributed by atoms with Gasteiger partial charge < -0.3 is 33.9 Å². The maximum Gasteiger partial charge on any atom is 0.294 e. The van der Waals surface area contributed by atoms with E-state index in [4.69, 9.17) is 25.8 Å². The lowest BCUT2D eigenvalue weighted by Crippen LogP contribution is -2.56. The van der Waals surface area contributed by atoms with Crippen molar-refractivity contribution in [3.05, 3.63) is 134 Å². The number of nitrogens with zero attached hydrogens (tertiary/aromatic N) is 5. The molecule has 0 saturated carbocycles. The van der Waals surface area contributed by atoms with Gasteiger partial charge in [-0.2, -0.15) is 4.68 Å². The number of aromatic amines is 2. The first-order valence-electron chi connectivity index (χ1n) is 22.9. The summed E-state index contributed by atoms with van der Waals surface area (Å²) in [6.07, 6.45) is 2.24. The number of Topliss-reactive ketones (excluding diaryl/α,β-unsaturated/α-hetero) is 1. The number of piperidine rings is 1. The average molecular weight is 998 g/mol. The van der Waals surface area contributed by atoms with E-state index in [9.17, 15) is 33.2 Å². The third-order valence-corrected chi connectivity index (χ3v) is 12.9. The Morgan fingerprint density at radius 2 is 1.49 bits per heavy atom. The van der Waals surface area contributed by atoms with Crippen molar-refractivity contribution >= 4 is 70.1 Å². The van der Waals surface area contributed by atoms with E-state index >= 15 is 0 Å². The molecule has 4 amide bonds. The number of imidazole rings is 1. The van der Waals surface area contributed by atoms with Crippen LogP contribution in [0.2, 0.25) is 5.02 Å². The molecule has 4 aromatic carbocycles. The number of nitrogens with one attached hydrogen (secondary N) is 3. The second kappa shape index (κ2) is 22.4. The van der Waals surface area contributed by atoms with Gasteiger partial charge in [-0.1, -0.05) is 48.0 Å². The van der Waals surface area contributed by atoms with Crippen LogP contribution >= 0.6 is 24.0 Å². The number of imide groups is 1. The van der Waals surface area contributed by atoms with E-state index in [-0.39, 0.29) is 61.8 Å². The fourth-order valence-electron chi connectivity index (χ4n) is 8.86. The number of ether oxygens (including phenoxy) is 3. The van der Waals surface area contributed by atoms with Gasteiger partial charge >= 0.3 is 0 Å². The molecule has 3 aliphatic heterocycles. The second-order valence-electron chi connectivity index (χ2n) is 17.1. The molecule has 366 valence electrons. The first-order chi connectivity index (χ1) is 33.5. The van der Waals surface area contributed by atoms with Crippen molar-refractivity contribution in [2.45, 2.75) is 44.7 Å². The van der Waals surface area contributed by atoms with Crippen LogP contribution in [0.1, 0.15) is 45.5 Å². The molecule has 2 fully saturated rings. The zero-order chi connectivity index (χ0) is 48.0. The summed E-state index contributed by atoms with van der Waals surface area (Å²) in [5.41, 5.74) is 7.41. The standard InChI is InChI=1S/C50H50ClFN8O9.ClH/c51-35-10-16-40-41(27-35)54-50(53-40)60-49(66)39(14-7-32-5-11-36(52)12-6-32)45(56-60)33-8-3-31(4-9-33)2-1-21-67-22-23-68-24-25-69-30-44(62)58-19-17-57(18-20-58)37-13-15-38-34(26-37)29-59(48(38)65)42-28-43(61)47(64)55-46(42)63;/h3-6,8-13,15-16,26-27,42,56H,1-2,7,14,17-25,28-30H2,(H,53,54)(H,55,63,64);1H. The fourth-order valence-corrected chi connectivity index (χ4v) is 9.04. The van der Waals surface area contributed by atoms with Crippen LogP contribution in [0.25, 0.3) is 28.2 Å². The molecule has 70 heavy (non-hydrogen) atoms. The van der Waals surface area contributed by atoms with Crippen LogP contribution in [-0.2, 0) is 59.2 Å². The number of H-pyrrole nitrogens is 2. The van der Waals surface area contributed by atoms with Gasteiger partial charge in [-0.05, 0) is 96.5 Å². The zero-order valence-electron chi connectivity index (χ0n) is 38.0. The molecule has 20 heteroatoms. The molecule has 3 aliphatic rings. The van der Waals surface area contributed by atoms with Crippen molar-refractivity contribution in [3.8, 4) is 17.2 Å². The highest BCUT2D eigenvalue weighted by Gasteiger charge is 2.42. The molecule has 0 radical (unpaired) electrons. The number of aromatic nitrogens is 4. The largest absolute Gasteiger partial charge is 0.379 e. The molecule has 1 atom stereocenters. The first kappa shape index (κ1) is 49.7. The van der Waals surface area contributed by atoms with Gasteiger partial charge in [-0.3, -0.25) is 39.2 Å². The van der Waals surface area contributed by atoms with Gasteiger partial charge in [0.05, 0.1) is 43.2 Å². The molecular weight excluding hydrogens is 947 g/mol. The maximum atomic E-state index is 13.9. The Morgan fingerprint density at radius 1 is 0.786 bits per heavy atom. The Morgan fingerprint density at radius 3 is 2.24 bits per heavy atom. The van der Waals surface area contributed by atoms with Crippen molar-refractivity contribution in [2.24, 2.45) is 0 Å². The summed E-state index contributed by atoms with van der Waals surface area (Å²) in [6, 6.07) is 24.1. The Balaban J connectivity index is 0.00000659. The van der Waals surface area contributed by atoms with Crippen LogP contribution in [0.5, 0.6) is 0 Å². The van der Waals surface area contributed by atoms with Crippen LogP contribution in [0.15, 0.2) is 89.7 Å². The van der Waals surface area contributed by atoms with E-state index in [1.54, 1.807) is 41.3 Å². The van der Waals surface area contributed by atoms with E-state index in [1.807, 2.05) is 41.7 Å². The quantitative estimate of drug-likeness (QED) is 0.0562. The van der Waals surface area contributed by atoms with Gasteiger partial charge in [0.2, 0.25) is 23.5 Å². The fraction of sp³-hybridized carbons (Fsp3) is 0.340. The molecule has 9 rings (SSSR count). The van der Waals surface area contributed by atoms with Crippen LogP contribution in [0.4, 0.5) is 10.1 Å². The number of anilines is 1. The van der Waals surface area contributed by atoms with Crippen LogP contribution in [-0.4, -0.2) is 131 Å². The lowest BCUT2D eigenvalue weighted by atomic mass is 10.00. The number of hydrogen-bond donors (Lipinski definition) is 3. The van der Waals surface area contributed by atoms with E-state index < -0.39 is 23.6 Å². The number of fused-ring (bicyclic) bond motifs is 2. The number of piperazine rings is 1. The van der Waals surface area contributed by atoms with E-state index in [0.717, 1.165) is 40.8 Å². The number of hydrogen-bond acceptors (Lipinski definition) is 11. The topological polar surface area (TPSA) is 201 Å². The third-order valence-electron chi connectivity index (χ3n) is 12.6. The van der Waals surface area contributed by atoms with Gasteiger partial charge in [0.1, 0.15) is 18.5 Å². The van der Waals surface area contributed by atoms with E-state index in [2.05, 4.69) is 20.0 Å². The predicted molar refractivity (Wildman–Crippen MR) is 260 cm³/mol. The summed E-state index contributed by atoms with van der Waals surface area (Å²) in [5, 5.41) is 5.88. The number of aryl methyl sites for hydroxylation is 2. The average Bonchev–Trinajstić information content (AvgIpc) is 4.03. The highest BCUT2D eigenvalue weighted by atomic mass is 35.5. The van der Waals surface area contributed by atoms with Crippen molar-refractivity contribution < 1.29 is 42.6 Å². The lowest BCUT2D eigenvalue weighted by molar-refractivity contribution is -0.147. The van der Waals surface area contributed by atoms with Crippen molar-refractivity contribution in [2.75, 3.05) is 70.7 Å². The van der Waals surface area contributed by atoms with Crippen molar-refractivity contribution in [1.29, 1.82) is 0 Å². The van der Waals surface area contributed by atoms with Crippen LogP contribution in [0.3, 0.4) is 0 Å². The van der Waals surface area contributed by atoms with Gasteiger partial charge in [0.25, 0.3) is 17.4 Å². The maximum absolute atomic E-state index is 13.9. The van der Waals surface area contributed by atoms with Gasteiger partial charge in [0, 0.05) is 67.6 Å². The number of carbonyl (C=O) groups excluding carboxylic acids is 5. The SMILES string of the molecule is Cl.O=C1CC(N2Cc3cc(N4CCN(C(=O)COCCOCCOCCCc5ccc(-c6[nH]n(-c7nc8ccc(Cl)cc8[nH]7)c(=O)c6CCc6ccc(F)cc6)cc5)CC4)ccc3C2=O)C(=O)NC1=O. The minimum absolute atomic E-state index is 0. The summed E-state index contributed by atoms with van der Waals surface area (Å²) < 4.78 is 32.0. The van der Waals surface area contributed by atoms with Crippen molar-refractivity contribution in [3.63, 3.8) is 0 Å². The normalized spacial score (nSPS) is 16.0. The minimum Gasteiger partial charge on any atom is -0.379 e.